The average molecular weight is 268 g/mol. The predicted molar refractivity (Wildman–Crippen MR) is 80.8 cm³/mol. The molecule has 1 saturated heterocycles. The van der Waals surface area contributed by atoms with Crippen LogP contribution in [0.5, 0.6) is 0 Å². The average Bonchev–Trinajstić information content (AvgIpc) is 2.39. The molecule has 3 nitrogen and oxygen atoms in total. The van der Waals surface area contributed by atoms with E-state index in [1.165, 1.54) is 0 Å². The first-order valence-corrected chi connectivity index (χ1v) is 7.55. The quantitative estimate of drug-likeness (QED) is 0.836. The first kappa shape index (κ1) is 16.5. The van der Waals surface area contributed by atoms with Crippen LogP contribution in [0.15, 0.2) is 0 Å². The Hall–Kier alpha value is -0.570. The Morgan fingerprint density at radius 1 is 1.21 bits per heavy atom. The van der Waals surface area contributed by atoms with Gasteiger partial charge in [0.2, 0.25) is 5.91 Å². The molecule has 19 heavy (non-hydrogen) atoms. The Labute approximate surface area is 118 Å². The largest absolute Gasteiger partial charge is 0.341 e. The summed E-state index contributed by atoms with van der Waals surface area (Å²) in [5.41, 5.74) is 6.57. The summed E-state index contributed by atoms with van der Waals surface area (Å²) in [5, 5.41) is 0. The molecule has 112 valence electrons. The van der Waals surface area contributed by atoms with E-state index in [4.69, 9.17) is 5.73 Å². The van der Waals surface area contributed by atoms with E-state index in [1.54, 1.807) is 0 Å². The van der Waals surface area contributed by atoms with E-state index in [1.807, 2.05) is 4.90 Å². The molecule has 0 aromatic heterocycles. The molecule has 1 heterocycles. The van der Waals surface area contributed by atoms with Crippen molar-refractivity contribution in [3.8, 4) is 0 Å². The Balaban J connectivity index is 2.64. The number of likely N-dealkylation sites (tertiary alicyclic amines) is 1. The van der Waals surface area contributed by atoms with Gasteiger partial charge in [0.15, 0.2) is 0 Å². The van der Waals surface area contributed by atoms with Gasteiger partial charge in [-0.3, -0.25) is 4.79 Å². The lowest BCUT2D eigenvalue weighted by Crippen LogP contribution is -2.47. The molecule has 0 aliphatic carbocycles. The molecule has 0 radical (unpaired) electrons. The summed E-state index contributed by atoms with van der Waals surface area (Å²) < 4.78 is 0. The third kappa shape index (κ3) is 4.79. The zero-order chi connectivity index (χ0) is 14.8. The Bertz CT molecular complexity index is 312. The van der Waals surface area contributed by atoms with Gasteiger partial charge >= 0.3 is 0 Å². The number of nitrogens with two attached hydrogens (primary N) is 1. The molecule has 3 heteroatoms. The minimum absolute atomic E-state index is 0.0441. The Morgan fingerprint density at radius 2 is 1.79 bits per heavy atom. The minimum atomic E-state index is 0.0441. The number of carbonyl (C=O) groups excluding carboxylic acids is 1. The molecule has 1 rings (SSSR count). The summed E-state index contributed by atoms with van der Waals surface area (Å²) in [4.78, 5) is 14.2. The molecular formula is C16H32N2O. The van der Waals surface area contributed by atoms with Crippen LogP contribution in [0.4, 0.5) is 0 Å². The maximum Gasteiger partial charge on any atom is 0.222 e. The van der Waals surface area contributed by atoms with Gasteiger partial charge in [0.25, 0.3) is 0 Å². The summed E-state index contributed by atoms with van der Waals surface area (Å²) in [5.74, 6) is 0.916. The fraction of sp³-hybridized carbons (Fsp3) is 0.938. The standard InChI is InChI=1S/C16H32N2O/c1-15(2,3)12-7-8-14(19)18(10-9-12)11-13(17)16(4,5)6/h12-13H,7-11,17H2,1-6H3. The van der Waals surface area contributed by atoms with Gasteiger partial charge < -0.3 is 10.6 Å². The fourth-order valence-corrected chi connectivity index (χ4v) is 2.61. The van der Waals surface area contributed by atoms with Gasteiger partial charge in [0, 0.05) is 25.6 Å². The van der Waals surface area contributed by atoms with Crippen molar-refractivity contribution in [2.45, 2.75) is 66.8 Å². The second-order valence-electron chi connectivity index (χ2n) is 8.20. The van der Waals surface area contributed by atoms with Crippen molar-refractivity contribution in [1.29, 1.82) is 0 Å². The molecule has 0 aromatic rings. The summed E-state index contributed by atoms with van der Waals surface area (Å²) in [7, 11) is 0. The highest BCUT2D eigenvalue weighted by molar-refractivity contribution is 5.76. The van der Waals surface area contributed by atoms with Crippen molar-refractivity contribution >= 4 is 5.91 Å². The molecule has 1 fully saturated rings. The molecule has 1 aliphatic heterocycles. The van der Waals surface area contributed by atoms with E-state index in [0.717, 1.165) is 19.4 Å². The van der Waals surface area contributed by atoms with Crippen molar-refractivity contribution in [2.24, 2.45) is 22.5 Å². The van der Waals surface area contributed by atoms with Crippen molar-refractivity contribution in [2.75, 3.05) is 13.1 Å². The molecule has 2 N–H and O–H groups in total. The smallest absolute Gasteiger partial charge is 0.222 e. The third-order valence-corrected chi connectivity index (χ3v) is 4.56. The van der Waals surface area contributed by atoms with Crippen molar-refractivity contribution in [3.05, 3.63) is 0 Å². The highest BCUT2D eigenvalue weighted by Gasteiger charge is 2.31. The van der Waals surface area contributed by atoms with Crippen molar-refractivity contribution in [1.82, 2.24) is 4.90 Å². The van der Waals surface area contributed by atoms with E-state index in [0.29, 0.717) is 24.3 Å². The van der Waals surface area contributed by atoms with E-state index in [-0.39, 0.29) is 17.4 Å². The first-order chi connectivity index (χ1) is 8.51. The molecule has 2 unspecified atom stereocenters. The summed E-state index contributed by atoms with van der Waals surface area (Å²) in [6.45, 7) is 14.8. The van der Waals surface area contributed by atoms with Gasteiger partial charge in [-0.2, -0.15) is 0 Å². The minimum Gasteiger partial charge on any atom is -0.341 e. The van der Waals surface area contributed by atoms with Gasteiger partial charge in [0.05, 0.1) is 0 Å². The van der Waals surface area contributed by atoms with E-state index in [9.17, 15) is 4.79 Å². The van der Waals surface area contributed by atoms with Crippen LogP contribution in [0, 0.1) is 16.7 Å². The number of rotatable bonds is 2. The molecule has 0 saturated carbocycles. The van der Waals surface area contributed by atoms with E-state index in [2.05, 4.69) is 41.5 Å². The van der Waals surface area contributed by atoms with Crippen molar-refractivity contribution in [3.63, 3.8) is 0 Å². The van der Waals surface area contributed by atoms with Gasteiger partial charge in [-0.05, 0) is 29.6 Å². The van der Waals surface area contributed by atoms with Gasteiger partial charge in [-0.1, -0.05) is 41.5 Å². The monoisotopic (exact) mass is 268 g/mol. The lowest BCUT2D eigenvalue weighted by molar-refractivity contribution is -0.131. The van der Waals surface area contributed by atoms with Crippen LogP contribution >= 0.6 is 0 Å². The van der Waals surface area contributed by atoms with Crippen molar-refractivity contribution < 1.29 is 4.79 Å². The Kier molecular flexibility index (Phi) is 5.05. The second-order valence-corrected chi connectivity index (χ2v) is 8.20. The third-order valence-electron chi connectivity index (χ3n) is 4.56. The number of amides is 1. The molecule has 0 bridgehead atoms. The summed E-state index contributed by atoms with van der Waals surface area (Å²) in [6, 6.07) is 0.0441. The lowest BCUT2D eigenvalue weighted by Gasteiger charge is -2.33. The van der Waals surface area contributed by atoms with Crippen LogP contribution in [0.25, 0.3) is 0 Å². The van der Waals surface area contributed by atoms with Gasteiger partial charge in [-0.25, -0.2) is 0 Å². The number of hydrogen-bond acceptors (Lipinski definition) is 2. The number of hydrogen-bond donors (Lipinski definition) is 1. The number of nitrogens with zero attached hydrogens (tertiary/aromatic N) is 1. The van der Waals surface area contributed by atoms with Crippen LogP contribution in [0.1, 0.15) is 60.8 Å². The second kappa shape index (κ2) is 5.82. The molecule has 2 atom stereocenters. The molecular weight excluding hydrogens is 236 g/mol. The van der Waals surface area contributed by atoms with Crippen LogP contribution in [0.2, 0.25) is 0 Å². The van der Waals surface area contributed by atoms with Gasteiger partial charge in [-0.15, -0.1) is 0 Å². The first-order valence-electron chi connectivity index (χ1n) is 7.55. The SMILES string of the molecule is CC(C)(C)C(N)CN1CCC(C(C)(C)C)CCC1=O. The highest BCUT2D eigenvalue weighted by Crippen LogP contribution is 2.34. The Morgan fingerprint density at radius 3 is 2.26 bits per heavy atom. The van der Waals surface area contributed by atoms with E-state index < -0.39 is 0 Å². The van der Waals surface area contributed by atoms with Crippen LogP contribution in [-0.2, 0) is 4.79 Å². The predicted octanol–water partition coefficient (Wildman–Crippen LogP) is 3.03. The summed E-state index contributed by atoms with van der Waals surface area (Å²) in [6.07, 6.45) is 2.80. The topological polar surface area (TPSA) is 46.3 Å². The fourth-order valence-electron chi connectivity index (χ4n) is 2.61. The van der Waals surface area contributed by atoms with Crippen LogP contribution in [-0.4, -0.2) is 29.9 Å². The maximum atomic E-state index is 12.2. The van der Waals surface area contributed by atoms with E-state index >= 15 is 0 Å². The maximum absolute atomic E-state index is 12.2. The lowest BCUT2D eigenvalue weighted by atomic mass is 9.76. The van der Waals surface area contributed by atoms with Crippen LogP contribution < -0.4 is 5.73 Å². The van der Waals surface area contributed by atoms with Crippen LogP contribution in [0.3, 0.4) is 0 Å². The molecule has 0 spiro atoms. The zero-order valence-electron chi connectivity index (χ0n) is 13.6. The normalized spacial score (nSPS) is 24.3. The molecule has 1 aliphatic rings. The molecule has 1 amide bonds. The summed E-state index contributed by atoms with van der Waals surface area (Å²) >= 11 is 0. The zero-order valence-corrected chi connectivity index (χ0v) is 13.6. The molecule has 0 aromatic carbocycles. The van der Waals surface area contributed by atoms with Gasteiger partial charge in [0.1, 0.15) is 0 Å². The number of carbonyl (C=O) groups is 1. The highest BCUT2D eigenvalue weighted by atomic mass is 16.2.